The topological polar surface area (TPSA) is 75.8 Å². The molecule has 1 saturated heterocycles. The number of carbonyl (C=O) groups excluding carboxylic acids is 3. The summed E-state index contributed by atoms with van der Waals surface area (Å²) in [6, 6.07) is 18.6. The third-order valence-corrected chi connectivity index (χ3v) is 5.80. The van der Waals surface area contributed by atoms with Crippen LogP contribution in [0.15, 0.2) is 60.7 Å². The highest BCUT2D eigenvalue weighted by Crippen LogP contribution is 2.29. The second-order valence-corrected chi connectivity index (χ2v) is 8.85. The van der Waals surface area contributed by atoms with Crippen molar-refractivity contribution < 1.29 is 19.1 Å². The smallest absolute Gasteiger partial charge is 0.224 e. The summed E-state index contributed by atoms with van der Waals surface area (Å²) >= 11 is 0. The number of hydrogen-bond acceptors (Lipinski definition) is 4. The molecule has 1 aliphatic rings. The molecule has 0 aliphatic carbocycles. The van der Waals surface area contributed by atoms with Crippen LogP contribution in [-0.2, 0) is 32.0 Å². The van der Waals surface area contributed by atoms with E-state index in [0.717, 1.165) is 11.1 Å². The van der Waals surface area contributed by atoms with Crippen LogP contribution in [0.4, 0.5) is 0 Å². The monoisotopic (exact) mass is 421 g/mol. The number of ether oxygens (including phenoxy) is 1. The minimum absolute atomic E-state index is 0.0412. The highest BCUT2D eigenvalue weighted by atomic mass is 16.6. The lowest BCUT2D eigenvalue weighted by atomic mass is 9.89. The van der Waals surface area contributed by atoms with Gasteiger partial charge < -0.3 is 10.1 Å². The van der Waals surface area contributed by atoms with Crippen LogP contribution >= 0.6 is 0 Å². The highest BCUT2D eigenvalue weighted by Gasteiger charge is 2.50. The maximum atomic E-state index is 13.3. The molecule has 1 aliphatic heterocycles. The molecule has 5 nitrogen and oxygen atoms in total. The Hall–Kier alpha value is -2.79. The molecule has 2 aromatic carbocycles. The molecule has 0 aromatic heterocycles. The molecule has 2 aromatic rings. The predicted molar refractivity (Wildman–Crippen MR) is 120 cm³/mol. The van der Waals surface area contributed by atoms with Gasteiger partial charge in [-0.3, -0.25) is 14.4 Å². The van der Waals surface area contributed by atoms with E-state index in [4.69, 9.17) is 4.74 Å². The van der Waals surface area contributed by atoms with Crippen molar-refractivity contribution in [2.75, 3.05) is 6.61 Å². The van der Waals surface area contributed by atoms with Crippen LogP contribution in [0.3, 0.4) is 0 Å². The van der Waals surface area contributed by atoms with Crippen molar-refractivity contribution >= 4 is 17.5 Å². The summed E-state index contributed by atoms with van der Waals surface area (Å²) in [6.45, 7) is 5.80. The fourth-order valence-corrected chi connectivity index (χ4v) is 3.60. The van der Waals surface area contributed by atoms with Crippen LogP contribution in [0, 0.1) is 11.8 Å². The normalized spacial score (nSPS) is 19.5. The minimum Gasteiger partial charge on any atom is -0.361 e. The first-order chi connectivity index (χ1) is 14.8. The van der Waals surface area contributed by atoms with Crippen LogP contribution in [0.5, 0.6) is 0 Å². The van der Waals surface area contributed by atoms with Crippen molar-refractivity contribution in [2.45, 2.75) is 51.7 Å². The summed E-state index contributed by atoms with van der Waals surface area (Å²) in [5, 5.41) is 2.96. The van der Waals surface area contributed by atoms with Gasteiger partial charge >= 0.3 is 0 Å². The molecule has 0 radical (unpaired) electrons. The van der Waals surface area contributed by atoms with Gasteiger partial charge in [-0.15, -0.1) is 0 Å². The second-order valence-electron chi connectivity index (χ2n) is 8.85. The SMILES string of the molecule is CC(C)C(=O)C[C@@H](Cc1ccccc1)C(=O)N[C@@H](Cc1ccccc1)C(=O)C1(C)CO1. The van der Waals surface area contributed by atoms with Gasteiger partial charge in [-0.2, -0.15) is 0 Å². The fourth-order valence-electron chi connectivity index (χ4n) is 3.60. The number of nitrogens with one attached hydrogen (secondary N) is 1. The molecule has 164 valence electrons. The maximum Gasteiger partial charge on any atom is 0.224 e. The first-order valence-electron chi connectivity index (χ1n) is 10.9. The van der Waals surface area contributed by atoms with Crippen molar-refractivity contribution in [3.8, 4) is 0 Å². The first kappa shape index (κ1) is 22.9. The zero-order valence-electron chi connectivity index (χ0n) is 18.5. The molecular formula is C26H31NO4. The molecule has 0 spiro atoms. The van der Waals surface area contributed by atoms with Gasteiger partial charge in [0.1, 0.15) is 11.4 Å². The molecule has 31 heavy (non-hydrogen) atoms. The van der Waals surface area contributed by atoms with Gasteiger partial charge in [-0.25, -0.2) is 0 Å². The van der Waals surface area contributed by atoms with Gasteiger partial charge in [0, 0.05) is 18.3 Å². The van der Waals surface area contributed by atoms with Crippen LogP contribution in [0.25, 0.3) is 0 Å². The molecule has 5 heteroatoms. The third kappa shape index (κ3) is 6.34. The van der Waals surface area contributed by atoms with Gasteiger partial charge in [0.2, 0.25) is 5.91 Å². The summed E-state index contributed by atoms with van der Waals surface area (Å²) in [5.41, 5.74) is 1.11. The van der Waals surface area contributed by atoms with E-state index in [1.165, 1.54) is 0 Å². The van der Waals surface area contributed by atoms with Crippen LogP contribution in [0.2, 0.25) is 0 Å². The second kappa shape index (κ2) is 10.0. The van der Waals surface area contributed by atoms with E-state index >= 15 is 0 Å². The standard InChI is InChI=1S/C26H31NO4/c1-18(2)23(28)16-21(14-19-10-6-4-7-11-19)25(30)27-22(24(29)26(3)17-31-26)15-20-12-8-5-9-13-20/h4-13,18,21-22H,14-17H2,1-3H3,(H,27,30)/t21-,22+,26?/m1/s1. The predicted octanol–water partition coefficient (Wildman–Crippen LogP) is 3.55. The Morgan fingerprint density at radius 3 is 1.94 bits per heavy atom. The van der Waals surface area contributed by atoms with Crippen molar-refractivity contribution in [3.05, 3.63) is 71.8 Å². The average Bonchev–Trinajstić information content (AvgIpc) is 3.52. The quantitative estimate of drug-likeness (QED) is 0.563. The Balaban J connectivity index is 1.79. The number of carbonyl (C=O) groups is 3. The third-order valence-electron chi connectivity index (χ3n) is 5.80. The van der Waals surface area contributed by atoms with E-state index in [-0.39, 0.29) is 29.8 Å². The Labute approximate surface area is 184 Å². The molecule has 1 unspecified atom stereocenters. The van der Waals surface area contributed by atoms with E-state index in [1.54, 1.807) is 6.92 Å². The van der Waals surface area contributed by atoms with E-state index in [1.807, 2.05) is 74.5 Å². The number of hydrogen-bond donors (Lipinski definition) is 1. The van der Waals surface area contributed by atoms with Crippen molar-refractivity contribution in [3.63, 3.8) is 0 Å². The Morgan fingerprint density at radius 2 is 1.45 bits per heavy atom. The average molecular weight is 422 g/mol. The summed E-state index contributed by atoms with van der Waals surface area (Å²) in [7, 11) is 0. The molecular weight excluding hydrogens is 390 g/mol. The van der Waals surface area contributed by atoms with Crippen molar-refractivity contribution in [2.24, 2.45) is 11.8 Å². The lowest BCUT2D eigenvalue weighted by Gasteiger charge is -2.24. The molecule has 1 amide bonds. The molecule has 1 N–H and O–H groups in total. The Bertz CT molecular complexity index is 904. The summed E-state index contributed by atoms with van der Waals surface area (Å²) in [5.74, 6) is -1.03. The van der Waals surface area contributed by atoms with E-state index in [2.05, 4.69) is 5.32 Å². The van der Waals surface area contributed by atoms with Gasteiger partial charge in [0.05, 0.1) is 12.6 Å². The fraction of sp³-hybridized carbons (Fsp3) is 0.423. The van der Waals surface area contributed by atoms with Gasteiger partial charge in [-0.05, 0) is 30.9 Å². The number of rotatable bonds is 11. The van der Waals surface area contributed by atoms with Gasteiger partial charge in [0.25, 0.3) is 0 Å². The van der Waals surface area contributed by atoms with Crippen LogP contribution < -0.4 is 5.32 Å². The van der Waals surface area contributed by atoms with Gasteiger partial charge in [0.15, 0.2) is 5.78 Å². The molecule has 1 heterocycles. The molecule has 0 bridgehead atoms. The number of epoxide rings is 1. The lowest BCUT2D eigenvalue weighted by molar-refractivity contribution is -0.134. The summed E-state index contributed by atoms with van der Waals surface area (Å²) in [4.78, 5) is 38.8. The highest BCUT2D eigenvalue weighted by molar-refractivity contribution is 5.97. The van der Waals surface area contributed by atoms with Crippen LogP contribution in [0.1, 0.15) is 38.3 Å². The number of ketones is 2. The number of benzene rings is 2. The molecule has 0 saturated carbocycles. The van der Waals surface area contributed by atoms with Crippen LogP contribution in [-0.4, -0.2) is 35.7 Å². The van der Waals surface area contributed by atoms with Crippen molar-refractivity contribution in [1.29, 1.82) is 0 Å². The summed E-state index contributed by atoms with van der Waals surface area (Å²) < 4.78 is 5.36. The molecule has 3 rings (SSSR count). The zero-order chi connectivity index (χ0) is 22.4. The lowest BCUT2D eigenvalue weighted by Crippen LogP contribution is -2.49. The zero-order valence-corrected chi connectivity index (χ0v) is 18.5. The van der Waals surface area contributed by atoms with E-state index < -0.39 is 17.6 Å². The van der Waals surface area contributed by atoms with E-state index in [9.17, 15) is 14.4 Å². The summed E-state index contributed by atoms with van der Waals surface area (Å²) in [6.07, 6.45) is 0.990. The Morgan fingerprint density at radius 1 is 0.935 bits per heavy atom. The van der Waals surface area contributed by atoms with Gasteiger partial charge in [-0.1, -0.05) is 74.5 Å². The minimum atomic E-state index is -0.838. The molecule has 3 atom stereocenters. The van der Waals surface area contributed by atoms with Crippen molar-refractivity contribution in [1.82, 2.24) is 5.32 Å². The first-order valence-corrected chi connectivity index (χ1v) is 10.9. The molecule has 1 fully saturated rings. The van der Waals surface area contributed by atoms with E-state index in [0.29, 0.717) is 19.4 Å². The number of amides is 1. The maximum absolute atomic E-state index is 13.3. The number of Topliss-reactive ketones (excluding diaryl/α,β-unsaturated/α-hetero) is 2. The Kier molecular flexibility index (Phi) is 7.39. The largest absolute Gasteiger partial charge is 0.361 e.